The lowest BCUT2D eigenvalue weighted by Gasteiger charge is -2.07. The Morgan fingerprint density at radius 1 is 1.54 bits per heavy atom. The van der Waals surface area contributed by atoms with Crippen molar-refractivity contribution in [2.24, 2.45) is 0 Å². The summed E-state index contributed by atoms with van der Waals surface area (Å²) in [6.45, 7) is 1.75. The van der Waals surface area contributed by atoms with E-state index in [2.05, 4.69) is 28.2 Å². The molecule has 1 aromatic rings. The highest BCUT2D eigenvalue weighted by Crippen LogP contribution is 2.35. The first kappa shape index (κ1) is 8.78. The average molecular weight is 180 g/mol. The van der Waals surface area contributed by atoms with Gasteiger partial charge in [0.1, 0.15) is 0 Å². The van der Waals surface area contributed by atoms with E-state index in [9.17, 15) is 0 Å². The Labute approximate surface area is 78.4 Å². The molecule has 1 aliphatic carbocycles. The van der Waals surface area contributed by atoms with E-state index >= 15 is 0 Å². The van der Waals surface area contributed by atoms with E-state index < -0.39 is 0 Å². The molecule has 0 radical (unpaired) electrons. The zero-order chi connectivity index (χ0) is 9.10. The SMILES string of the molecule is OCCNCc1cccn1C1CC1. The van der Waals surface area contributed by atoms with Gasteiger partial charge >= 0.3 is 0 Å². The molecule has 13 heavy (non-hydrogen) atoms. The van der Waals surface area contributed by atoms with Crippen LogP contribution in [0.5, 0.6) is 0 Å². The molecule has 0 amide bonds. The zero-order valence-corrected chi connectivity index (χ0v) is 7.74. The molecule has 3 nitrogen and oxygen atoms in total. The third-order valence-corrected chi connectivity index (χ3v) is 2.40. The highest BCUT2D eigenvalue weighted by Gasteiger charge is 2.24. The molecule has 0 unspecified atom stereocenters. The number of hydrogen-bond donors (Lipinski definition) is 2. The van der Waals surface area contributed by atoms with E-state index in [4.69, 9.17) is 5.11 Å². The Bertz CT molecular complexity index is 266. The molecule has 1 fully saturated rings. The number of rotatable bonds is 5. The van der Waals surface area contributed by atoms with Gasteiger partial charge in [-0.25, -0.2) is 0 Å². The van der Waals surface area contributed by atoms with Crippen LogP contribution in [0.2, 0.25) is 0 Å². The van der Waals surface area contributed by atoms with E-state index in [1.165, 1.54) is 18.5 Å². The van der Waals surface area contributed by atoms with Crippen LogP contribution in [0.4, 0.5) is 0 Å². The van der Waals surface area contributed by atoms with Crippen molar-refractivity contribution in [2.45, 2.75) is 25.4 Å². The molecule has 72 valence electrons. The van der Waals surface area contributed by atoms with Crippen molar-refractivity contribution in [3.8, 4) is 0 Å². The summed E-state index contributed by atoms with van der Waals surface area (Å²) in [6.07, 6.45) is 4.79. The maximum atomic E-state index is 8.62. The average Bonchev–Trinajstić information content (AvgIpc) is 2.88. The van der Waals surface area contributed by atoms with Crippen molar-refractivity contribution in [3.05, 3.63) is 24.0 Å². The van der Waals surface area contributed by atoms with Gasteiger partial charge in [-0.15, -0.1) is 0 Å². The molecule has 1 heterocycles. The summed E-state index contributed by atoms with van der Waals surface area (Å²) in [5, 5.41) is 11.8. The monoisotopic (exact) mass is 180 g/mol. The predicted octanol–water partition coefficient (Wildman–Crippen LogP) is 0.905. The molecule has 2 rings (SSSR count). The summed E-state index contributed by atoms with van der Waals surface area (Å²) in [4.78, 5) is 0. The molecule has 3 heteroatoms. The van der Waals surface area contributed by atoms with Crippen molar-refractivity contribution >= 4 is 0 Å². The molecule has 0 bridgehead atoms. The van der Waals surface area contributed by atoms with Crippen LogP contribution in [0, 0.1) is 0 Å². The van der Waals surface area contributed by atoms with E-state index in [1.54, 1.807) is 0 Å². The lowest BCUT2D eigenvalue weighted by molar-refractivity contribution is 0.291. The Hall–Kier alpha value is -0.800. The fourth-order valence-corrected chi connectivity index (χ4v) is 1.58. The molecule has 1 aromatic heterocycles. The molecule has 0 aliphatic heterocycles. The first-order valence-corrected chi connectivity index (χ1v) is 4.89. The fourth-order valence-electron chi connectivity index (χ4n) is 1.58. The van der Waals surface area contributed by atoms with Gasteiger partial charge in [-0.05, 0) is 25.0 Å². The van der Waals surface area contributed by atoms with Crippen LogP contribution in [-0.4, -0.2) is 22.8 Å². The van der Waals surface area contributed by atoms with Gasteiger partial charge in [-0.2, -0.15) is 0 Å². The van der Waals surface area contributed by atoms with Gasteiger partial charge in [-0.3, -0.25) is 0 Å². The number of aliphatic hydroxyl groups excluding tert-OH is 1. The number of aromatic nitrogens is 1. The predicted molar refractivity (Wildman–Crippen MR) is 51.5 cm³/mol. The highest BCUT2D eigenvalue weighted by molar-refractivity contribution is 5.10. The number of nitrogens with one attached hydrogen (secondary N) is 1. The van der Waals surface area contributed by atoms with Crippen molar-refractivity contribution in [1.29, 1.82) is 0 Å². The minimum Gasteiger partial charge on any atom is -0.395 e. The van der Waals surface area contributed by atoms with E-state index in [1.807, 2.05) is 0 Å². The van der Waals surface area contributed by atoms with Crippen LogP contribution in [0.25, 0.3) is 0 Å². The quantitative estimate of drug-likeness (QED) is 0.661. The Balaban J connectivity index is 1.90. The maximum absolute atomic E-state index is 8.62. The van der Waals surface area contributed by atoms with E-state index in [-0.39, 0.29) is 6.61 Å². The third-order valence-electron chi connectivity index (χ3n) is 2.40. The standard InChI is InChI=1S/C10H16N2O/c13-7-5-11-8-10-2-1-6-12(10)9-3-4-9/h1-2,6,9,11,13H,3-5,7-8H2. The molecular formula is C10H16N2O. The zero-order valence-electron chi connectivity index (χ0n) is 7.74. The third kappa shape index (κ3) is 2.11. The first-order chi connectivity index (χ1) is 6.42. The van der Waals surface area contributed by atoms with Crippen LogP contribution in [0.15, 0.2) is 18.3 Å². The van der Waals surface area contributed by atoms with Crippen LogP contribution < -0.4 is 5.32 Å². The van der Waals surface area contributed by atoms with Crippen LogP contribution in [0.1, 0.15) is 24.6 Å². The van der Waals surface area contributed by atoms with Crippen LogP contribution in [0.3, 0.4) is 0 Å². The molecule has 1 aliphatic rings. The molecule has 0 aromatic carbocycles. The smallest absolute Gasteiger partial charge is 0.0556 e. The molecule has 0 atom stereocenters. The van der Waals surface area contributed by atoms with Crippen molar-refractivity contribution in [1.82, 2.24) is 9.88 Å². The Morgan fingerprint density at radius 3 is 3.08 bits per heavy atom. The van der Waals surface area contributed by atoms with Crippen LogP contribution in [-0.2, 0) is 6.54 Å². The van der Waals surface area contributed by atoms with Gasteiger partial charge in [0.2, 0.25) is 0 Å². The van der Waals surface area contributed by atoms with Gasteiger partial charge in [0.15, 0.2) is 0 Å². The summed E-state index contributed by atoms with van der Waals surface area (Å²) < 4.78 is 2.34. The van der Waals surface area contributed by atoms with Gasteiger partial charge in [0.25, 0.3) is 0 Å². The van der Waals surface area contributed by atoms with Gasteiger partial charge in [0.05, 0.1) is 6.61 Å². The van der Waals surface area contributed by atoms with Gasteiger partial charge in [0, 0.05) is 31.0 Å². The highest BCUT2D eigenvalue weighted by atomic mass is 16.3. The Morgan fingerprint density at radius 2 is 2.38 bits per heavy atom. The Kier molecular flexibility index (Phi) is 2.66. The molecular weight excluding hydrogens is 164 g/mol. The maximum Gasteiger partial charge on any atom is 0.0556 e. The summed E-state index contributed by atoms with van der Waals surface area (Å²) in [6, 6.07) is 4.98. The van der Waals surface area contributed by atoms with Crippen molar-refractivity contribution in [2.75, 3.05) is 13.2 Å². The molecule has 1 saturated carbocycles. The van der Waals surface area contributed by atoms with Gasteiger partial charge < -0.3 is 15.0 Å². The number of hydrogen-bond acceptors (Lipinski definition) is 2. The van der Waals surface area contributed by atoms with E-state index in [0.29, 0.717) is 6.54 Å². The first-order valence-electron chi connectivity index (χ1n) is 4.89. The van der Waals surface area contributed by atoms with Crippen LogP contribution >= 0.6 is 0 Å². The summed E-state index contributed by atoms with van der Waals surface area (Å²) >= 11 is 0. The largest absolute Gasteiger partial charge is 0.395 e. The molecule has 0 spiro atoms. The number of aliphatic hydroxyl groups is 1. The summed E-state index contributed by atoms with van der Waals surface area (Å²) in [7, 11) is 0. The fraction of sp³-hybridized carbons (Fsp3) is 0.600. The minimum atomic E-state index is 0.212. The molecule has 0 saturated heterocycles. The lowest BCUT2D eigenvalue weighted by atomic mass is 10.4. The normalized spacial score (nSPS) is 16.4. The number of nitrogens with zero attached hydrogens (tertiary/aromatic N) is 1. The molecule has 2 N–H and O–H groups in total. The summed E-state index contributed by atoms with van der Waals surface area (Å²) in [5.74, 6) is 0. The van der Waals surface area contributed by atoms with Gasteiger partial charge in [-0.1, -0.05) is 0 Å². The van der Waals surface area contributed by atoms with E-state index in [0.717, 1.165) is 12.6 Å². The second-order valence-electron chi connectivity index (χ2n) is 3.54. The van der Waals surface area contributed by atoms with Crippen molar-refractivity contribution in [3.63, 3.8) is 0 Å². The second-order valence-corrected chi connectivity index (χ2v) is 3.54. The topological polar surface area (TPSA) is 37.2 Å². The lowest BCUT2D eigenvalue weighted by Crippen LogP contribution is -2.19. The van der Waals surface area contributed by atoms with Crippen molar-refractivity contribution < 1.29 is 5.11 Å². The second kappa shape index (κ2) is 3.94. The summed E-state index contributed by atoms with van der Waals surface area (Å²) in [5.41, 5.74) is 1.33. The minimum absolute atomic E-state index is 0.212.